The van der Waals surface area contributed by atoms with Crippen molar-refractivity contribution in [1.82, 2.24) is 19.9 Å². The maximum absolute atomic E-state index is 11.4. The van der Waals surface area contributed by atoms with E-state index in [-0.39, 0.29) is 5.75 Å². The molecule has 1 heterocycles. The highest BCUT2D eigenvalue weighted by atomic mass is 32.2. The molecule has 0 aromatic carbocycles. The lowest BCUT2D eigenvalue weighted by atomic mass is 10.4. The van der Waals surface area contributed by atoms with Crippen LogP contribution < -0.4 is 10.0 Å². The van der Waals surface area contributed by atoms with Gasteiger partial charge >= 0.3 is 0 Å². The molecule has 1 aromatic rings. The van der Waals surface area contributed by atoms with Crippen molar-refractivity contribution in [3.05, 3.63) is 16.1 Å². The highest BCUT2D eigenvalue weighted by Crippen LogP contribution is 2.09. The zero-order chi connectivity index (χ0) is 16.6. The zero-order valence-corrected chi connectivity index (χ0v) is 15.2. The summed E-state index contributed by atoms with van der Waals surface area (Å²) in [6.07, 6.45) is 0. The van der Waals surface area contributed by atoms with Crippen LogP contribution in [0.4, 0.5) is 0 Å². The molecule has 0 saturated carbocycles. The fraction of sp³-hybridized carbons (Fsp3) is 0.692. The van der Waals surface area contributed by atoms with Crippen LogP contribution in [0.5, 0.6) is 0 Å². The molecule has 9 heteroatoms. The zero-order valence-electron chi connectivity index (χ0n) is 13.6. The number of guanidine groups is 1. The van der Waals surface area contributed by atoms with Crippen LogP contribution in [0.25, 0.3) is 0 Å². The summed E-state index contributed by atoms with van der Waals surface area (Å²) in [5.41, 5.74) is 1.00. The summed E-state index contributed by atoms with van der Waals surface area (Å²) in [6.45, 7) is 7.69. The molecular weight excluding hydrogens is 322 g/mol. The molecule has 0 atom stereocenters. The lowest BCUT2D eigenvalue weighted by Gasteiger charge is -2.21. The topological polar surface area (TPSA) is 86.7 Å². The van der Waals surface area contributed by atoms with E-state index in [0.717, 1.165) is 23.2 Å². The summed E-state index contributed by atoms with van der Waals surface area (Å²) in [7, 11) is -1.22. The molecule has 0 aliphatic carbocycles. The van der Waals surface area contributed by atoms with Gasteiger partial charge in [0.15, 0.2) is 5.96 Å². The van der Waals surface area contributed by atoms with E-state index < -0.39 is 10.0 Å². The van der Waals surface area contributed by atoms with Crippen LogP contribution in [0.15, 0.2) is 10.4 Å². The van der Waals surface area contributed by atoms with Crippen molar-refractivity contribution >= 4 is 27.3 Å². The minimum absolute atomic E-state index is 0.0832. The van der Waals surface area contributed by atoms with Gasteiger partial charge in [0, 0.05) is 25.5 Å². The third-order valence-electron chi connectivity index (χ3n) is 2.84. The van der Waals surface area contributed by atoms with Crippen LogP contribution in [0.3, 0.4) is 0 Å². The Morgan fingerprint density at radius 2 is 2.18 bits per heavy atom. The summed E-state index contributed by atoms with van der Waals surface area (Å²) in [5.74, 6) is 0.823. The average Bonchev–Trinajstić information content (AvgIpc) is 2.87. The Balaban J connectivity index is 2.57. The SMILES string of the molecule is CCNC(=NCCNS(=O)(=O)CC)N(C)Cc1csc(C)n1. The van der Waals surface area contributed by atoms with Gasteiger partial charge in [0.1, 0.15) is 0 Å². The van der Waals surface area contributed by atoms with Crippen LogP contribution in [0, 0.1) is 6.92 Å². The molecule has 0 bridgehead atoms. The average molecular weight is 348 g/mol. The van der Waals surface area contributed by atoms with Crippen molar-refractivity contribution in [2.24, 2.45) is 4.99 Å². The first-order chi connectivity index (χ1) is 10.4. The van der Waals surface area contributed by atoms with E-state index in [1.54, 1.807) is 18.3 Å². The molecule has 0 aliphatic heterocycles. The molecule has 0 spiro atoms. The predicted molar refractivity (Wildman–Crippen MR) is 91.8 cm³/mol. The number of nitrogens with zero attached hydrogens (tertiary/aromatic N) is 3. The Hall–Kier alpha value is -1.19. The number of hydrogen-bond acceptors (Lipinski definition) is 5. The van der Waals surface area contributed by atoms with Crippen LogP contribution in [0.1, 0.15) is 24.5 Å². The van der Waals surface area contributed by atoms with Gasteiger partial charge in [0.25, 0.3) is 0 Å². The van der Waals surface area contributed by atoms with Crippen LogP contribution >= 0.6 is 11.3 Å². The van der Waals surface area contributed by atoms with Gasteiger partial charge in [-0.15, -0.1) is 11.3 Å². The second-order valence-electron chi connectivity index (χ2n) is 4.75. The number of aromatic nitrogens is 1. The van der Waals surface area contributed by atoms with Crippen LogP contribution in [-0.2, 0) is 16.6 Å². The summed E-state index contributed by atoms with van der Waals surface area (Å²) < 4.78 is 25.2. The van der Waals surface area contributed by atoms with Gasteiger partial charge in [-0.25, -0.2) is 18.1 Å². The molecule has 22 heavy (non-hydrogen) atoms. The molecule has 1 aromatic heterocycles. The van der Waals surface area contributed by atoms with Gasteiger partial charge in [-0.3, -0.25) is 4.99 Å². The van der Waals surface area contributed by atoms with E-state index in [4.69, 9.17) is 0 Å². The van der Waals surface area contributed by atoms with Gasteiger partial charge in [-0.05, 0) is 20.8 Å². The van der Waals surface area contributed by atoms with Crippen molar-refractivity contribution in [2.75, 3.05) is 32.4 Å². The monoisotopic (exact) mass is 347 g/mol. The lowest BCUT2D eigenvalue weighted by Crippen LogP contribution is -2.39. The quantitative estimate of drug-likeness (QED) is 0.412. The number of thiazole rings is 1. The summed E-state index contributed by atoms with van der Waals surface area (Å²) in [5, 5.41) is 6.27. The van der Waals surface area contributed by atoms with Crippen molar-refractivity contribution in [2.45, 2.75) is 27.3 Å². The molecule has 0 fully saturated rings. The fourth-order valence-electron chi connectivity index (χ4n) is 1.73. The van der Waals surface area contributed by atoms with Gasteiger partial charge in [0.05, 0.1) is 29.5 Å². The molecule has 0 amide bonds. The molecule has 0 unspecified atom stereocenters. The second-order valence-corrected chi connectivity index (χ2v) is 7.91. The van der Waals surface area contributed by atoms with E-state index in [0.29, 0.717) is 19.6 Å². The van der Waals surface area contributed by atoms with Crippen molar-refractivity contribution in [3.63, 3.8) is 0 Å². The molecule has 0 radical (unpaired) electrons. The molecule has 0 saturated heterocycles. The standard InChI is InChI=1S/C13H25N5O2S2/c1-5-14-13(15-7-8-16-22(19,20)6-2)18(4)9-12-10-21-11(3)17-12/h10,16H,5-9H2,1-4H3,(H,14,15). The molecule has 2 N–H and O–H groups in total. The Kier molecular flexibility index (Phi) is 7.77. The highest BCUT2D eigenvalue weighted by Gasteiger charge is 2.09. The van der Waals surface area contributed by atoms with Crippen molar-refractivity contribution < 1.29 is 8.42 Å². The fourth-order valence-corrected chi connectivity index (χ4v) is 2.94. The second kappa shape index (κ2) is 9.06. The van der Waals surface area contributed by atoms with Gasteiger partial charge in [-0.1, -0.05) is 0 Å². The largest absolute Gasteiger partial charge is 0.357 e. The van der Waals surface area contributed by atoms with Gasteiger partial charge < -0.3 is 10.2 Å². The first-order valence-corrected chi connectivity index (χ1v) is 9.79. The number of sulfonamides is 1. The minimum atomic E-state index is -3.16. The first-order valence-electron chi connectivity index (χ1n) is 7.25. The summed E-state index contributed by atoms with van der Waals surface area (Å²) >= 11 is 1.62. The maximum atomic E-state index is 11.4. The molecule has 126 valence electrons. The number of aryl methyl sites for hydroxylation is 1. The Morgan fingerprint density at radius 1 is 1.45 bits per heavy atom. The normalized spacial score (nSPS) is 12.5. The Labute approximate surface area is 136 Å². The predicted octanol–water partition coefficient (Wildman–Crippen LogP) is 0.788. The molecule has 1 rings (SSSR count). The van der Waals surface area contributed by atoms with Crippen LogP contribution in [-0.4, -0.2) is 56.7 Å². The molecule has 7 nitrogen and oxygen atoms in total. The maximum Gasteiger partial charge on any atom is 0.211 e. The molecule has 0 aliphatic rings. The van der Waals surface area contributed by atoms with E-state index >= 15 is 0 Å². The van der Waals surface area contributed by atoms with Crippen LogP contribution in [0.2, 0.25) is 0 Å². The van der Waals surface area contributed by atoms with Gasteiger partial charge in [-0.2, -0.15) is 0 Å². The Bertz CT molecular complexity index is 583. The highest BCUT2D eigenvalue weighted by molar-refractivity contribution is 7.89. The number of rotatable bonds is 8. The van der Waals surface area contributed by atoms with Crippen molar-refractivity contribution in [3.8, 4) is 0 Å². The molecular formula is C13H25N5O2S2. The Morgan fingerprint density at radius 3 is 2.73 bits per heavy atom. The smallest absolute Gasteiger partial charge is 0.211 e. The summed E-state index contributed by atoms with van der Waals surface area (Å²) in [4.78, 5) is 10.8. The van der Waals surface area contributed by atoms with Crippen molar-refractivity contribution in [1.29, 1.82) is 0 Å². The van der Waals surface area contributed by atoms with E-state index in [1.807, 2.05) is 31.2 Å². The van der Waals surface area contributed by atoms with E-state index in [1.165, 1.54) is 0 Å². The summed E-state index contributed by atoms with van der Waals surface area (Å²) in [6, 6.07) is 0. The third kappa shape index (κ3) is 6.71. The third-order valence-corrected chi connectivity index (χ3v) is 5.06. The van der Waals surface area contributed by atoms with E-state index in [2.05, 4.69) is 20.0 Å². The number of aliphatic imine (C=N–C) groups is 1. The lowest BCUT2D eigenvalue weighted by molar-refractivity contribution is 0.471. The minimum Gasteiger partial charge on any atom is -0.357 e. The number of nitrogens with one attached hydrogen (secondary N) is 2. The van der Waals surface area contributed by atoms with Gasteiger partial charge in [0.2, 0.25) is 10.0 Å². The number of hydrogen-bond donors (Lipinski definition) is 2. The first kappa shape index (κ1) is 18.9. The van der Waals surface area contributed by atoms with E-state index in [9.17, 15) is 8.42 Å².